The minimum absolute atomic E-state index is 0.0348. The Balaban J connectivity index is 1.57. The van der Waals surface area contributed by atoms with Crippen molar-refractivity contribution in [2.75, 3.05) is 19.8 Å². The maximum Gasteiger partial charge on any atom is 0.315 e. The van der Waals surface area contributed by atoms with Crippen LogP contribution >= 0.6 is 0 Å². The van der Waals surface area contributed by atoms with Gasteiger partial charge in [0.15, 0.2) is 0 Å². The first-order chi connectivity index (χ1) is 6.84. The number of rotatable bonds is 3. The Morgan fingerprint density at radius 1 is 1.36 bits per heavy atom. The van der Waals surface area contributed by atoms with E-state index in [1.807, 2.05) is 0 Å². The van der Waals surface area contributed by atoms with Gasteiger partial charge in [0.2, 0.25) is 0 Å². The van der Waals surface area contributed by atoms with E-state index in [1.165, 1.54) is 19.3 Å². The van der Waals surface area contributed by atoms with Crippen molar-refractivity contribution in [1.29, 1.82) is 0 Å². The SMILES string of the molecule is O=C(NCC1CCC1)NC1CCOC1. The number of amides is 2. The van der Waals surface area contributed by atoms with Crippen LogP contribution in [0.4, 0.5) is 4.79 Å². The molecule has 1 atom stereocenters. The molecule has 1 aliphatic carbocycles. The number of ether oxygens (including phenoxy) is 1. The number of hydrogen-bond acceptors (Lipinski definition) is 2. The standard InChI is InChI=1S/C10H18N2O2/c13-10(11-6-8-2-1-3-8)12-9-4-5-14-7-9/h8-9H,1-7H2,(H2,11,12,13). The maximum absolute atomic E-state index is 11.4. The Labute approximate surface area is 84.4 Å². The van der Waals surface area contributed by atoms with Crippen LogP contribution in [0.1, 0.15) is 25.7 Å². The second-order valence-electron chi connectivity index (χ2n) is 4.21. The van der Waals surface area contributed by atoms with Crippen LogP contribution in [0.3, 0.4) is 0 Å². The summed E-state index contributed by atoms with van der Waals surface area (Å²) in [4.78, 5) is 11.4. The summed E-state index contributed by atoms with van der Waals surface area (Å²) in [5.41, 5.74) is 0. The Morgan fingerprint density at radius 2 is 2.21 bits per heavy atom. The number of urea groups is 1. The highest BCUT2D eigenvalue weighted by Gasteiger charge is 2.20. The molecule has 0 radical (unpaired) electrons. The first-order valence-electron chi connectivity index (χ1n) is 5.46. The molecule has 1 saturated carbocycles. The normalized spacial score (nSPS) is 27.0. The Kier molecular flexibility index (Phi) is 3.24. The summed E-state index contributed by atoms with van der Waals surface area (Å²) in [6.45, 7) is 2.27. The minimum Gasteiger partial charge on any atom is -0.379 e. The van der Waals surface area contributed by atoms with E-state index in [-0.39, 0.29) is 12.1 Å². The molecule has 0 aromatic carbocycles. The van der Waals surface area contributed by atoms with Crippen LogP contribution in [-0.4, -0.2) is 31.8 Å². The van der Waals surface area contributed by atoms with E-state index in [2.05, 4.69) is 10.6 Å². The lowest BCUT2D eigenvalue weighted by Crippen LogP contribution is -2.44. The second-order valence-corrected chi connectivity index (χ2v) is 4.21. The molecule has 2 amide bonds. The summed E-state index contributed by atoms with van der Waals surface area (Å²) in [6.07, 6.45) is 4.81. The van der Waals surface area contributed by atoms with Gasteiger partial charge >= 0.3 is 6.03 Å². The van der Waals surface area contributed by atoms with E-state index < -0.39 is 0 Å². The zero-order valence-electron chi connectivity index (χ0n) is 8.42. The van der Waals surface area contributed by atoms with Crippen molar-refractivity contribution in [2.24, 2.45) is 5.92 Å². The van der Waals surface area contributed by atoms with Gasteiger partial charge < -0.3 is 15.4 Å². The lowest BCUT2D eigenvalue weighted by Gasteiger charge is -2.25. The topological polar surface area (TPSA) is 50.4 Å². The quantitative estimate of drug-likeness (QED) is 0.707. The summed E-state index contributed by atoms with van der Waals surface area (Å²) < 4.78 is 5.17. The van der Waals surface area contributed by atoms with Gasteiger partial charge in [-0.25, -0.2) is 4.79 Å². The fraction of sp³-hybridized carbons (Fsp3) is 0.900. The van der Waals surface area contributed by atoms with Crippen molar-refractivity contribution >= 4 is 6.03 Å². The van der Waals surface area contributed by atoms with Crippen molar-refractivity contribution in [3.63, 3.8) is 0 Å². The highest BCUT2D eigenvalue weighted by molar-refractivity contribution is 5.74. The first-order valence-corrected chi connectivity index (χ1v) is 5.46. The Hall–Kier alpha value is -0.770. The third kappa shape index (κ3) is 2.61. The Bertz CT molecular complexity index is 198. The van der Waals surface area contributed by atoms with Gasteiger partial charge in [0.05, 0.1) is 12.6 Å². The van der Waals surface area contributed by atoms with Crippen molar-refractivity contribution < 1.29 is 9.53 Å². The van der Waals surface area contributed by atoms with Gasteiger partial charge in [0.25, 0.3) is 0 Å². The highest BCUT2D eigenvalue weighted by atomic mass is 16.5. The number of nitrogens with one attached hydrogen (secondary N) is 2. The van der Waals surface area contributed by atoms with Crippen molar-refractivity contribution in [3.05, 3.63) is 0 Å². The predicted octanol–water partition coefficient (Wildman–Crippen LogP) is 0.875. The molecule has 0 aromatic heterocycles. The number of carbonyl (C=O) groups is 1. The summed E-state index contributed by atoms with van der Waals surface area (Å²) in [6, 6.07) is 0.184. The fourth-order valence-electron chi connectivity index (χ4n) is 1.82. The van der Waals surface area contributed by atoms with Crippen LogP contribution in [0.25, 0.3) is 0 Å². The molecule has 0 bridgehead atoms. The molecular formula is C10H18N2O2. The zero-order chi connectivity index (χ0) is 9.80. The molecule has 1 aliphatic heterocycles. The second kappa shape index (κ2) is 4.64. The van der Waals surface area contributed by atoms with Gasteiger partial charge in [0.1, 0.15) is 0 Å². The molecule has 0 aromatic rings. The van der Waals surface area contributed by atoms with Crippen LogP contribution in [0.2, 0.25) is 0 Å². The highest BCUT2D eigenvalue weighted by Crippen LogP contribution is 2.24. The minimum atomic E-state index is -0.0348. The van der Waals surface area contributed by atoms with E-state index >= 15 is 0 Å². The summed E-state index contributed by atoms with van der Waals surface area (Å²) >= 11 is 0. The van der Waals surface area contributed by atoms with Gasteiger partial charge in [-0.05, 0) is 25.2 Å². The van der Waals surface area contributed by atoms with Crippen molar-refractivity contribution in [2.45, 2.75) is 31.7 Å². The van der Waals surface area contributed by atoms with E-state index in [9.17, 15) is 4.79 Å². The fourth-order valence-corrected chi connectivity index (χ4v) is 1.82. The predicted molar refractivity (Wildman–Crippen MR) is 53.1 cm³/mol. The molecular weight excluding hydrogens is 180 g/mol. The molecule has 14 heavy (non-hydrogen) atoms. The van der Waals surface area contributed by atoms with Gasteiger partial charge in [-0.3, -0.25) is 0 Å². The van der Waals surface area contributed by atoms with E-state index in [1.54, 1.807) is 0 Å². The molecule has 2 fully saturated rings. The van der Waals surface area contributed by atoms with E-state index in [4.69, 9.17) is 4.74 Å². The van der Waals surface area contributed by atoms with Gasteiger partial charge in [-0.1, -0.05) is 6.42 Å². The molecule has 4 heteroatoms. The average molecular weight is 198 g/mol. The lowest BCUT2D eigenvalue weighted by molar-refractivity contribution is 0.188. The summed E-state index contributed by atoms with van der Waals surface area (Å²) in [5, 5.41) is 5.81. The van der Waals surface area contributed by atoms with Gasteiger partial charge in [-0.2, -0.15) is 0 Å². The molecule has 0 spiro atoms. The molecule has 2 aliphatic rings. The third-order valence-corrected chi connectivity index (χ3v) is 3.04. The largest absolute Gasteiger partial charge is 0.379 e. The van der Waals surface area contributed by atoms with Crippen molar-refractivity contribution in [3.8, 4) is 0 Å². The maximum atomic E-state index is 11.4. The zero-order valence-corrected chi connectivity index (χ0v) is 8.42. The van der Waals surface area contributed by atoms with E-state index in [0.29, 0.717) is 6.61 Å². The monoisotopic (exact) mass is 198 g/mol. The molecule has 80 valence electrons. The average Bonchev–Trinajstić information content (AvgIpc) is 2.54. The first kappa shape index (κ1) is 9.77. The van der Waals surface area contributed by atoms with Crippen LogP contribution < -0.4 is 10.6 Å². The van der Waals surface area contributed by atoms with E-state index in [0.717, 1.165) is 25.5 Å². The molecule has 2 N–H and O–H groups in total. The third-order valence-electron chi connectivity index (χ3n) is 3.04. The Morgan fingerprint density at radius 3 is 2.79 bits per heavy atom. The van der Waals surface area contributed by atoms with Crippen LogP contribution in [0, 0.1) is 5.92 Å². The lowest BCUT2D eigenvalue weighted by atomic mass is 9.85. The number of carbonyl (C=O) groups excluding carboxylic acids is 1. The number of hydrogen-bond donors (Lipinski definition) is 2. The molecule has 1 saturated heterocycles. The van der Waals surface area contributed by atoms with Gasteiger partial charge in [-0.15, -0.1) is 0 Å². The van der Waals surface area contributed by atoms with Crippen LogP contribution in [0.5, 0.6) is 0 Å². The summed E-state index contributed by atoms with van der Waals surface area (Å²) in [7, 11) is 0. The van der Waals surface area contributed by atoms with Crippen LogP contribution in [-0.2, 0) is 4.74 Å². The smallest absolute Gasteiger partial charge is 0.315 e. The van der Waals surface area contributed by atoms with Crippen molar-refractivity contribution in [1.82, 2.24) is 10.6 Å². The van der Waals surface area contributed by atoms with Crippen LogP contribution in [0.15, 0.2) is 0 Å². The van der Waals surface area contributed by atoms with Gasteiger partial charge in [0, 0.05) is 13.2 Å². The summed E-state index contributed by atoms with van der Waals surface area (Å²) in [5.74, 6) is 0.723. The molecule has 1 unspecified atom stereocenters. The molecule has 2 rings (SSSR count). The molecule has 1 heterocycles. The molecule has 4 nitrogen and oxygen atoms in total.